The van der Waals surface area contributed by atoms with Crippen LogP contribution in [0.4, 0.5) is 17.2 Å². The molecule has 1 heterocycles. The van der Waals surface area contributed by atoms with E-state index in [2.05, 4.69) is 60.7 Å². The summed E-state index contributed by atoms with van der Waals surface area (Å²) in [6.45, 7) is 6.66. The average Bonchev–Trinajstić information content (AvgIpc) is 2.38. The monoisotopic (exact) mass is 255 g/mol. The number of hydrogen-bond donors (Lipinski definition) is 2. The number of nitrogens with zero attached hydrogens (tertiary/aromatic N) is 1. The Morgan fingerprint density at radius 3 is 2.47 bits per heavy atom. The van der Waals surface area contributed by atoms with Crippen LogP contribution in [-0.2, 0) is 5.41 Å². The van der Waals surface area contributed by atoms with E-state index in [4.69, 9.17) is 0 Å². The zero-order valence-corrected chi connectivity index (χ0v) is 12.0. The van der Waals surface area contributed by atoms with Crippen LogP contribution in [0.15, 0.2) is 42.6 Å². The van der Waals surface area contributed by atoms with E-state index in [-0.39, 0.29) is 5.41 Å². The van der Waals surface area contributed by atoms with Crippen molar-refractivity contribution in [3.05, 3.63) is 48.2 Å². The van der Waals surface area contributed by atoms with E-state index in [1.54, 1.807) is 6.20 Å². The van der Waals surface area contributed by atoms with Gasteiger partial charge in [-0.15, -0.1) is 0 Å². The summed E-state index contributed by atoms with van der Waals surface area (Å²) in [5.41, 5.74) is 3.60. The molecule has 0 saturated heterocycles. The standard InChI is InChI=1S/C16H21N3/c1-16(2,3)13-7-5-6-8-14(13)19-12-9-10-18-15(11-12)17-4/h5-11H,1-4H3,(H2,17,18,19). The molecule has 0 spiro atoms. The molecule has 1 aromatic heterocycles. The van der Waals surface area contributed by atoms with Crippen LogP contribution in [0.5, 0.6) is 0 Å². The molecule has 0 aliphatic carbocycles. The summed E-state index contributed by atoms with van der Waals surface area (Å²) in [5, 5.41) is 6.52. The summed E-state index contributed by atoms with van der Waals surface area (Å²) in [6.07, 6.45) is 1.80. The third-order valence-corrected chi connectivity index (χ3v) is 3.03. The molecular formula is C16H21N3. The van der Waals surface area contributed by atoms with Crippen molar-refractivity contribution in [2.45, 2.75) is 26.2 Å². The second-order valence-electron chi connectivity index (χ2n) is 5.60. The Balaban J connectivity index is 2.33. The molecule has 0 fully saturated rings. The van der Waals surface area contributed by atoms with Crippen molar-refractivity contribution >= 4 is 17.2 Å². The van der Waals surface area contributed by atoms with Gasteiger partial charge in [-0.2, -0.15) is 0 Å². The zero-order valence-electron chi connectivity index (χ0n) is 12.0. The minimum absolute atomic E-state index is 0.114. The maximum absolute atomic E-state index is 4.22. The molecule has 0 atom stereocenters. The third-order valence-electron chi connectivity index (χ3n) is 3.03. The molecular weight excluding hydrogens is 234 g/mol. The van der Waals surface area contributed by atoms with Gasteiger partial charge in [-0.25, -0.2) is 4.98 Å². The number of hydrogen-bond acceptors (Lipinski definition) is 3. The Labute approximate surface area is 115 Å². The summed E-state index contributed by atoms with van der Waals surface area (Å²) in [5.74, 6) is 0.859. The number of pyridine rings is 1. The molecule has 2 rings (SSSR count). The molecule has 3 heteroatoms. The SMILES string of the molecule is CNc1cc(Nc2ccccc2C(C)(C)C)ccn1. The van der Waals surface area contributed by atoms with E-state index in [1.807, 2.05) is 19.2 Å². The van der Waals surface area contributed by atoms with Crippen LogP contribution in [-0.4, -0.2) is 12.0 Å². The highest BCUT2D eigenvalue weighted by Gasteiger charge is 2.17. The quantitative estimate of drug-likeness (QED) is 0.864. The molecule has 2 aromatic rings. The number of nitrogens with one attached hydrogen (secondary N) is 2. The molecule has 0 amide bonds. The molecule has 3 nitrogen and oxygen atoms in total. The van der Waals surface area contributed by atoms with Gasteiger partial charge in [0.1, 0.15) is 5.82 Å². The number of rotatable bonds is 3. The Hall–Kier alpha value is -2.03. The van der Waals surface area contributed by atoms with E-state index < -0.39 is 0 Å². The van der Waals surface area contributed by atoms with Crippen molar-refractivity contribution in [3.8, 4) is 0 Å². The maximum atomic E-state index is 4.22. The van der Waals surface area contributed by atoms with Crippen molar-refractivity contribution in [1.82, 2.24) is 4.98 Å². The fraction of sp³-hybridized carbons (Fsp3) is 0.312. The van der Waals surface area contributed by atoms with E-state index in [0.717, 1.165) is 17.2 Å². The predicted octanol–water partition coefficient (Wildman–Crippen LogP) is 4.16. The van der Waals surface area contributed by atoms with Gasteiger partial charge in [0, 0.05) is 30.7 Å². The number of anilines is 3. The van der Waals surface area contributed by atoms with Crippen LogP contribution < -0.4 is 10.6 Å². The summed E-state index contributed by atoms with van der Waals surface area (Å²) in [6, 6.07) is 12.4. The Bertz CT molecular complexity index is 556. The molecule has 0 saturated carbocycles. The largest absolute Gasteiger partial charge is 0.373 e. The van der Waals surface area contributed by atoms with Crippen molar-refractivity contribution in [1.29, 1.82) is 0 Å². The molecule has 0 aliphatic heterocycles. The first-order valence-corrected chi connectivity index (χ1v) is 6.51. The molecule has 1 aromatic carbocycles. The Kier molecular flexibility index (Phi) is 3.74. The van der Waals surface area contributed by atoms with Crippen LogP contribution in [0.2, 0.25) is 0 Å². The van der Waals surface area contributed by atoms with Crippen LogP contribution >= 0.6 is 0 Å². The van der Waals surface area contributed by atoms with Gasteiger partial charge in [-0.05, 0) is 23.1 Å². The van der Waals surface area contributed by atoms with Gasteiger partial charge in [-0.1, -0.05) is 39.0 Å². The molecule has 0 radical (unpaired) electrons. The van der Waals surface area contributed by atoms with Gasteiger partial charge in [0.15, 0.2) is 0 Å². The minimum atomic E-state index is 0.114. The number of benzene rings is 1. The topological polar surface area (TPSA) is 37.0 Å². The normalized spacial score (nSPS) is 11.2. The second-order valence-corrected chi connectivity index (χ2v) is 5.60. The van der Waals surface area contributed by atoms with E-state index >= 15 is 0 Å². The first-order valence-electron chi connectivity index (χ1n) is 6.51. The lowest BCUT2D eigenvalue weighted by molar-refractivity contribution is 0.592. The van der Waals surface area contributed by atoms with Crippen molar-refractivity contribution in [3.63, 3.8) is 0 Å². The van der Waals surface area contributed by atoms with Crippen LogP contribution in [0.3, 0.4) is 0 Å². The average molecular weight is 255 g/mol. The van der Waals surface area contributed by atoms with Crippen LogP contribution in [0, 0.1) is 0 Å². The summed E-state index contributed by atoms with van der Waals surface area (Å²) >= 11 is 0. The first kappa shape index (κ1) is 13.4. The number of aromatic nitrogens is 1. The van der Waals surface area contributed by atoms with Gasteiger partial charge in [0.25, 0.3) is 0 Å². The smallest absolute Gasteiger partial charge is 0.127 e. The fourth-order valence-corrected chi connectivity index (χ4v) is 2.05. The highest BCUT2D eigenvalue weighted by molar-refractivity contribution is 5.66. The van der Waals surface area contributed by atoms with Crippen molar-refractivity contribution in [2.24, 2.45) is 0 Å². The molecule has 0 unspecified atom stereocenters. The van der Waals surface area contributed by atoms with Crippen LogP contribution in [0.25, 0.3) is 0 Å². The Morgan fingerprint density at radius 1 is 1.05 bits per heavy atom. The molecule has 2 N–H and O–H groups in total. The molecule has 19 heavy (non-hydrogen) atoms. The van der Waals surface area contributed by atoms with Crippen molar-refractivity contribution in [2.75, 3.05) is 17.7 Å². The van der Waals surface area contributed by atoms with E-state index in [9.17, 15) is 0 Å². The summed E-state index contributed by atoms with van der Waals surface area (Å²) in [4.78, 5) is 4.22. The van der Waals surface area contributed by atoms with Gasteiger partial charge in [-0.3, -0.25) is 0 Å². The molecule has 0 bridgehead atoms. The van der Waals surface area contributed by atoms with Crippen LogP contribution in [0.1, 0.15) is 26.3 Å². The van der Waals surface area contributed by atoms with E-state index in [0.29, 0.717) is 0 Å². The lowest BCUT2D eigenvalue weighted by Crippen LogP contribution is -2.13. The number of para-hydroxylation sites is 1. The van der Waals surface area contributed by atoms with Gasteiger partial charge in [0.05, 0.1) is 0 Å². The molecule has 100 valence electrons. The lowest BCUT2D eigenvalue weighted by Gasteiger charge is -2.23. The first-order chi connectivity index (χ1) is 9.00. The molecule has 0 aliphatic rings. The van der Waals surface area contributed by atoms with Crippen molar-refractivity contribution < 1.29 is 0 Å². The Morgan fingerprint density at radius 2 is 1.79 bits per heavy atom. The fourth-order valence-electron chi connectivity index (χ4n) is 2.05. The highest BCUT2D eigenvalue weighted by Crippen LogP contribution is 2.31. The van der Waals surface area contributed by atoms with Gasteiger partial charge >= 0.3 is 0 Å². The van der Waals surface area contributed by atoms with Gasteiger partial charge < -0.3 is 10.6 Å². The second kappa shape index (κ2) is 5.31. The van der Waals surface area contributed by atoms with E-state index in [1.165, 1.54) is 5.56 Å². The summed E-state index contributed by atoms with van der Waals surface area (Å²) in [7, 11) is 1.87. The highest BCUT2D eigenvalue weighted by atomic mass is 15.0. The maximum Gasteiger partial charge on any atom is 0.127 e. The zero-order chi connectivity index (χ0) is 13.9. The summed E-state index contributed by atoms with van der Waals surface area (Å²) < 4.78 is 0. The lowest BCUT2D eigenvalue weighted by atomic mass is 9.86. The predicted molar refractivity (Wildman–Crippen MR) is 82.2 cm³/mol. The van der Waals surface area contributed by atoms with Gasteiger partial charge in [0.2, 0.25) is 0 Å². The minimum Gasteiger partial charge on any atom is -0.373 e. The third kappa shape index (κ3) is 3.25.